The van der Waals surface area contributed by atoms with Gasteiger partial charge in [0.25, 0.3) is 0 Å². The summed E-state index contributed by atoms with van der Waals surface area (Å²) in [6, 6.07) is 15.1. The molecule has 1 heterocycles. The van der Waals surface area contributed by atoms with Crippen LogP contribution in [0.3, 0.4) is 0 Å². The average molecular weight is 441 g/mol. The van der Waals surface area contributed by atoms with Crippen LogP contribution in [0.25, 0.3) is 0 Å². The van der Waals surface area contributed by atoms with Crippen LogP contribution in [0.15, 0.2) is 48.5 Å². The molecule has 0 spiro atoms. The summed E-state index contributed by atoms with van der Waals surface area (Å²) >= 11 is 0. The Bertz CT molecular complexity index is 899. The van der Waals surface area contributed by atoms with E-state index < -0.39 is 0 Å². The molecule has 7 nitrogen and oxygen atoms in total. The predicted octanol–water partition coefficient (Wildman–Crippen LogP) is 3.12. The first kappa shape index (κ1) is 23.6. The van der Waals surface area contributed by atoms with Crippen LogP contribution in [0.1, 0.15) is 30.0 Å². The predicted molar refractivity (Wildman–Crippen MR) is 122 cm³/mol. The van der Waals surface area contributed by atoms with Crippen LogP contribution < -0.4 is 14.8 Å². The van der Waals surface area contributed by atoms with Gasteiger partial charge in [-0.3, -0.25) is 9.59 Å². The normalized spacial score (nSPS) is 18.3. The SMILES string of the molecule is COCCN1C(=O)CC[C@@H](C(=O)NCCOc2ccccc2OC)[C@H]1c1ccc(C)cc1. The second-order valence-electron chi connectivity index (χ2n) is 7.87. The number of hydrogen-bond donors (Lipinski definition) is 1. The first-order valence-electron chi connectivity index (χ1n) is 10.9. The minimum Gasteiger partial charge on any atom is -0.493 e. The highest BCUT2D eigenvalue weighted by Crippen LogP contribution is 2.37. The Balaban J connectivity index is 1.68. The van der Waals surface area contributed by atoms with E-state index in [1.54, 1.807) is 19.1 Å². The lowest BCUT2D eigenvalue weighted by Gasteiger charge is -2.40. The van der Waals surface area contributed by atoms with E-state index in [0.29, 0.717) is 50.6 Å². The number of ether oxygens (including phenoxy) is 3. The number of rotatable bonds is 10. The number of piperidine rings is 1. The molecule has 7 heteroatoms. The van der Waals surface area contributed by atoms with E-state index in [4.69, 9.17) is 14.2 Å². The number of methoxy groups -OCH3 is 2. The first-order chi connectivity index (χ1) is 15.5. The highest BCUT2D eigenvalue weighted by molar-refractivity contribution is 5.85. The maximum Gasteiger partial charge on any atom is 0.225 e. The zero-order valence-electron chi connectivity index (χ0n) is 19.0. The number of benzene rings is 2. The molecule has 3 rings (SSSR count). The zero-order valence-corrected chi connectivity index (χ0v) is 19.0. The lowest BCUT2D eigenvalue weighted by Crippen LogP contribution is -2.49. The van der Waals surface area contributed by atoms with Crippen molar-refractivity contribution in [2.45, 2.75) is 25.8 Å². The summed E-state index contributed by atoms with van der Waals surface area (Å²) in [5, 5.41) is 2.99. The maximum absolute atomic E-state index is 13.1. The number of aryl methyl sites for hydroxylation is 1. The Morgan fingerprint density at radius 2 is 1.78 bits per heavy atom. The van der Waals surface area contributed by atoms with Crippen molar-refractivity contribution in [2.75, 3.05) is 40.5 Å². The lowest BCUT2D eigenvalue weighted by atomic mass is 9.83. The van der Waals surface area contributed by atoms with E-state index >= 15 is 0 Å². The molecule has 0 unspecified atom stereocenters. The minimum atomic E-state index is -0.335. The number of carbonyl (C=O) groups excluding carboxylic acids is 2. The summed E-state index contributed by atoms with van der Waals surface area (Å²) in [5.74, 6) is 0.928. The van der Waals surface area contributed by atoms with E-state index in [-0.39, 0.29) is 23.8 Å². The van der Waals surface area contributed by atoms with Gasteiger partial charge in [-0.1, -0.05) is 42.0 Å². The number of amides is 2. The van der Waals surface area contributed by atoms with E-state index in [0.717, 1.165) is 11.1 Å². The standard InChI is InChI=1S/C25H32N2O5/c1-18-8-10-19(11-9-18)24-20(12-13-23(28)27(24)15-17-30-2)25(29)26-14-16-32-22-7-5-4-6-21(22)31-3/h4-11,20,24H,12-17H2,1-3H3,(H,26,29)/t20-,24-/m1/s1. The van der Waals surface area contributed by atoms with Crippen LogP contribution in [-0.2, 0) is 14.3 Å². The molecule has 0 bridgehead atoms. The van der Waals surface area contributed by atoms with E-state index in [9.17, 15) is 9.59 Å². The number of hydrogen-bond acceptors (Lipinski definition) is 5. The van der Waals surface area contributed by atoms with E-state index in [1.165, 1.54) is 0 Å². The van der Waals surface area contributed by atoms with Crippen molar-refractivity contribution >= 4 is 11.8 Å². The van der Waals surface area contributed by atoms with E-state index in [1.807, 2.05) is 55.5 Å². The summed E-state index contributed by atoms with van der Waals surface area (Å²) in [5.41, 5.74) is 2.10. The Morgan fingerprint density at radius 1 is 1.06 bits per heavy atom. The number of nitrogens with one attached hydrogen (secondary N) is 1. The van der Waals surface area contributed by atoms with Crippen LogP contribution in [0.4, 0.5) is 0 Å². The Hall–Kier alpha value is -3.06. The summed E-state index contributed by atoms with van der Waals surface area (Å²) in [4.78, 5) is 27.6. The largest absolute Gasteiger partial charge is 0.493 e. The molecule has 172 valence electrons. The van der Waals surface area contributed by atoms with Crippen molar-refractivity contribution in [2.24, 2.45) is 5.92 Å². The second kappa shape index (κ2) is 11.5. The monoisotopic (exact) mass is 440 g/mol. The summed E-state index contributed by atoms with van der Waals surface area (Å²) in [7, 11) is 3.20. The van der Waals surface area contributed by atoms with Crippen molar-refractivity contribution in [3.63, 3.8) is 0 Å². The third kappa shape index (κ3) is 5.79. The third-order valence-corrected chi connectivity index (χ3v) is 5.73. The Labute approximate surface area is 189 Å². The molecule has 1 aliphatic rings. The molecule has 1 N–H and O–H groups in total. The molecule has 2 amide bonds. The highest BCUT2D eigenvalue weighted by atomic mass is 16.5. The van der Waals surface area contributed by atoms with E-state index in [2.05, 4.69) is 5.32 Å². The van der Waals surface area contributed by atoms with Crippen molar-refractivity contribution in [1.82, 2.24) is 10.2 Å². The molecule has 1 saturated heterocycles. The Morgan fingerprint density at radius 3 is 2.47 bits per heavy atom. The fourth-order valence-corrected chi connectivity index (χ4v) is 4.06. The molecular weight excluding hydrogens is 408 g/mol. The molecule has 1 fully saturated rings. The quantitative estimate of drug-likeness (QED) is 0.575. The van der Waals surface area contributed by atoms with Crippen LogP contribution in [0.5, 0.6) is 11.5 Å². The second-order valence-corrected chi connectivity index (χ2v) is 7.87. The van der Waals surface area contributed by atoms with Gasteiger partial charge in [0.15, 0.2) is 11.5 Å². The van der Waals surface area contributed by atoms with Crippen molar-refractivity contribution in [3.05, 3.63) is 59.7 Å². The summed E-state index contributed by atoms with van der Waals surface area (Å²) < 4.78 is 16.3. The fraction of sp³-hybridized carbons (Fsp3) is 0.440. The van der Waals surface area contributed by atoms with Gasteiger partial charge in [0, 0.05) is 20.1 Å². The topological polar surface area (TPSA) is 77.1 Å². The average Bonchev–Trinajstić information content (AvgIpc) is 2.81. The van der Waals surface area contributed by atoms with Crippen LogP contribution in [0, 0.1) is 12.8 Å². The zero-order chi connectivity index (χ0) is 22.9. The molecule has 2 atom stereocenters. The van der Waals surface area contributed by atoms with Gasteiger partial charge in [0.2, 0.25) is 11.8 Å². The number of likely N-dealkylation sites (tertiary alicyclic amines) is 1. The molecule has 0 saturated carbocycles. The van der Waals surface area contributed by atoms with Crippen molar-refractivity contribution in [1.29, 1.82) is 0 Å². The van der Waals surface area contributed by atoms with Crippen molar-refractivity contribution in [3.8, 4) is 11.5 Å². The van der Waals surface area contributed by atoms with Gasteiger partial charge < -0.3 is 24.4 Å². The van der Waals surface area contributed by atoms with Gasteiger partial charge in [-0.2, -0.15) is 0 Å². The number of carbonyl (C=O) groups is 2. The molecule has 0 aromatic heterocycles. The van der Waals surface area contributed by atoms with Gasteiger partial charge in [-0.05, 0) is 31.0 Å². The number of para-hydroxylation sites is 2. The van der Waals surface area contributed by atoms with Gasteiger partial charge in [-0.15, -0.1) is 0 Å². The molecule has 32 heavy (non-hydrogen) atoms. The smallest absolute Gasteiger partial charge is 0.225 e. The van der Waals surface area contributed by atoms with Gasteiger partial charge in [-0.25, -0.2) is 0 Å². The third-order valence-electron chi connectivity index (χ3n) is 5.73. The molecular formula is C25H32N2O5. The molecule has 0 aliphatic carbocycles. The molecule has 1 aliphatic heterocycles. The number of nitrogens with zero attached hydrogens (tertiary/aromatic N) is 1. The lowest BCUT2D eigenvalue weighted by molar-refractivity contribution is -0.144. The Kier molecular flexibility index (Phi) is 8.50. The molecule has 2 aromatic rings. The highest BCUT2D eigenvalue weighted by Gasteiger charge is 2.40. The van der Waals surface area contributed by atoms with Crippen LogP contribution in [0.2, 0.25) is 0 Å². The van der Waals surface area contributed by atoms with Gasteiger partial charge in [0.1, 0.15) is 6.61 Å². The molecule has 2 aromatic carbocycles. The first-order valence-corrected chi connectivity index (χ1v) is 10.9. The van der Waals surface area contributed by atoms with Crippen LogP contribution in [-0.4, -0.2) is 57.2 Å². The van der Waals surface area contributed by atoms with Crippen LogP contribution >= 0.6 is 0 Å². The maximum atomic E-state index is 13.1. The van der Waals surface area contributed by atoms with Gasteiger partial charge >= 0.3 is 0 Å². The minimum absolute atomic E-state index is 0.0520. The van der Waals surface area contributed by atoms with Crippen molar-refractivity contribution < 1.29 is 23.8 Å². The molecule has 0 radical (unpaired) electrons. The van der Waals surface area contributed by atoms with Gasteiger partial charge in [0.05, 0.1) is 32.2 Å². The summed E-state index contributed by atoms with van der Waals surface area (Å²) in [6.07, 6.45) is 0.863. The fourth-order valence-electron chi connectivity index (χ4n) is 4.06. The summed E-state index contributed by atoms with van der Waals surface area (Å²) in [6.45, 7) is 3.58.